The van der Waals surface area contributed by atoms with Crippen molar-refractivity contribution in [2.24, 2.45) is 0 Å². The van der Waals surface area contributed by atoms with Crippen LogP contribution in [0.2, 0.25) is 0 Å². The fraction of sp³-hybridized carbons (Fsp3) is 0.188. The van der Waals surface area contributed by atoms with Gasteiger partial charge in [0.2, 0.25) is 0 Å². The van der Waals surface area contributed by atoms with Crippen molar-refractivity contribution in [3.05, 3.63) is 65.2 Å². The van der Waals surface area contributed by atoms with Gasteiger partial charge in [-0.15, -0.1) is 0 Å². The maximum Gasteiger partial charge on any atom is 0.357 e. The smallest absolute Gasteiger partial charge is 0.357 e. The van der Waals surface area contributed by atoms with Crippen LogP contribution in [0, 0.1) is 12.7 Å². The number of nitrogens with zero attached hydrogens (tertiary/aromatic N) is 1. The van der Waals surface area contributed by atoms with Crippen LogP contribution in [0.3, 0.4) is 0 Å². The quantitative estimate of drug-likeness (QED) is 0.858. The molecule has 1 amide bonds. The zero-order valence-electron chi connectivity index (χ0n) is 12.0. The molecule has 0 spiro atoms. The van der Waals surface area contributed by atoms with Crippen molar-refractivity contribution in [3.8, 4) is 0 Å². The van der Waals surface area contributed by atoms with Gasteiger partial charge < -0.3 is 10.1 Å². The highest BCUT2D eigenvalue weighted by Gasteiger charge is 2.10. The van der Waals surface area contributed by atoms with E-state index in [0.29, 0.717) is 11.1 Å². The maximum atomic E-state index is 13.4. The molecule has 114 valence electrons. The molecule has 0 bridgehead atoms. The molecule has 0 saturated heterocycles. The third kappa shape index (κ3) is 4.37. The molecule has 22 heavy (non-hydrogen) atoms. The van der Waals surface area contributed by atoms with Gasteiger partial charge in [-0.3, -0.25) is 4.79 Å². The van der Waals surface area contributed by atoms with Gasteiger partial charge in [0.15, 0.2) is 6.61 Å². The van der Waals surface area contributed by atoms with Crippen molar-refractivity contribution in [1.82, 2.24) is 10.3 Å². The van der Waals surface area contributed by atoms with Crippen LogP contribution < -0.4 is 5.32 Å². The van der Waals surface area contributed by atoms with Crippen molar-refractivity contribution in [2.75, 3.05) is 6.61 Å². The molecule has 6 heteroatoms. The molecule has 0 fully saturated rings. The first kappa shape index (κ1) is 15.6. The summed E-state index contributed by atoms with van der Waals surface area (Å²) in [6, 6.07) is 9.53. The molecule has 1 aromatic carbocycles. The summed E-state index contributed by atoms with van der Waals surface area (Å²) in [5.41, 5.74) is 1.31. The first-order valence-electron chi connectivity index (χ1n) is 6.66. The second kappa shape index (κ2) is 7.31. The number of esters is 1. The predicted molar refractivity (Wildman–Crippen MR) is 77.5 cm³/mol. The van der Waals surface area contributed by atoms with Gasteiger partial charge in [-0.1, -0.05) is 18.2 Å². The molecular formula is C16H15FN2O3. The second-order valence-corrected chi connectivity index (χ2v) is 4.65. The lowest BCUT2D eigenvalue weighted by Gasteiger charge is -2.07. The number of rotatable bonds is 5. The Balaban J connectivity index is 1.78. The lowest BCUT2D eigenvalue weighted by atomic mass is 10.1. The number of hydrogen-bond acceptors (Lipinski definition) is 4. The molecule has 0 aliphatic heterocycles. The molecule has 1 aromatic heterocycles. The fourth-order valence-corrected chi connectivity index (χ4v) is 1.69. The number of ether oxygens (including phenoxy) is 1. The average Bonchev–Trinajstić information content (AvgIpc) is 2.54. The molecule has 0 atom stereocenters. The lowest BCUT2D eigenvalue weighted by Crippen LogP contribution is -2.28. The van der Waals surface area contributed by atoms with Crippen LogP contribution >= 0.6 is 0 Å². The molecule has 0 aliphatic carbocycles. The molecule has 1 N–H and O–H groups in total. The molecule has 2 rings (SSSR count). The Morgan fingerprint density at radius 2 is 2.09 bits per heavy atom. The van der Waals surface area contributed by atoms with Crippen LogP contribution in [0.15, 0.2) is 42.6 Å². The second-order valence-electron chi connectivity index (χ2n) is 4.65. The average molecular weight is 302 g/mol. The largest absolute Gasteiger partial charge is 0.451 e. The van der Waals surface area contributed by atoms with Gasteiger partial charge in [0, 0.05) is 12.7 Å². The third-order valence-electron chi connectivity index (χ3n) is 2.93. The Morgan fingerprint density at radius 1 is 1.27 bits per heavy atom. The summed E-state index contributed by atoms with van der Waals surface area (Å²) >= 11 is 0. The van der Waals surface area contributed by atoms with E-state index in [0.717, 1.165) is 0 Å². The molecule has 5 nitrogen and oxygen atoms in total. The Kier molecular flexibility index (Phi) is 5.19. The van der Waals surface area contributed by atoms with Gasteiger partial charge in [0.05, 0.1) is 0 Å². The number of carbonyl (C=O) groups is 2. The Morgan fingerprint density at radius 3 is 2.77 bits per heavy atom. The van der Waals surface area contributed by atoms with Gasteiger partial charge in [0.1, 0.15) is 11.5 Å². The van der Waals surface area contributed by atoms with Gasteiger partial charge in [0.25, 0.3) is 5.91 Å². The minimum Gasteiger partial charge on any atom is -0.451 e. The van der Waals surface area contributed by atoms with E-state index < -0.39 is 18.5 Å². The van der Waals surface area contributed by atoms with Crippen molar-refractivity contribution in [1.29, 1.82) is 0 Å². The van der Waals surface area contributed by atoms with E-state index in [1.165, 1.54) is 18.3 Å². The number of pyridine rings is 1. The van der Waals surface area contributed by atoms with Crippen molar-refractivity contribution in [3.63, 3.8) is 0 Å². The Bertz CT molecular complexity index is 674. The fourth-order valence-electron chi connectivity index (χ4n) is 1.69. The summed E-state index contributed by atoms with van der Waals surface area (Å²) in [5.74, 6) is -1.46. The van der Waals surface area contributed by atoms with E-state index >= 15 is 0 Å². The van der Waals surface area contributed by atoms with E-state index in [9.17, 15) is 14.0 Å². The van der Waals surface area contributed by atoms with Gasteiger partial charge in [-0.05, 0) is 36.2 Å². The summed E-state index contributed by atoms with van der Waals surface area (Å²) in [7, 11) is 0. The van der Waals surface area contributed by atoms with E-state index in [4.69, 9.17) is 4.74 Å². The van der Waals surface area contributed by atoms with Crippen LogP contribution in [0.1, 0.15) is 21.6 Å². The minimum absolute atomic E-state index is 0.135. The summed E-state index contributed by atoms with van der Waals surface area (Å²) in [5, 5.41) is 2.55. The van der Waals surface area contributed by atoms with Crippen LogP contribution in [-0.4, -0.2) is 23.5 Å². The molecule has 0 radical (unpaired) electrons. The van der Waals surface area contributed by atoms with Crippen LogP contribution in [0.25, 0.3) is 0 Å². The van der Waals surface area contributed by atoms with E-state index in [1.807, 2.05) is 0 Å². The van der Waals surface area contributed by atoms with E-state index in [1.54, 1.807) is 31.2 Å². The zero-order chi connectivity index (χ0) is 15.9. The number of carbonyl (C=O) groups excluding carboxylic acids is 2. The number of amides is 1. The number of nitrogens with one attached hydrogen (secondary N) is 1. The predicted octanol–water partition coefficient (Wildman–Crippen LogP) is 2.00. The molecular weight excluding hydrogens is 287 g/mol. The first-order valence-corrected chi connectivity index (χ1v) is 6.66. The zero-order valence-corrected chi connectivity index (χ0v) is 12.0. The van der Waals surface area contributed by atoms with E-state index in [2.05, 4.69) is 10.3 Å². The van der Waals surface area contributed by atoms with Crippen molar-refractivity contribution in [2.45, 2.75) is 13.5 Å². The molecule has 1 heterocycles. The third-order valence-corrected chi connectivity index (χ3v) is 2.93. The highest BCUT2D eigenvalue weighted by atomic mass is 19.1. The van der Waals surface area contributed by atoms with Crippen LogP contribution in [0.5, 0.6) is 0 Å². The number of aromatic nitrogens is 1. The summed E-state index contributed by atoms with van der Waals surface area (Å²) in [4.78, 5) is 27.0. The van der Waals surface area contributed by atoms with Crippen LogP contribution in [-0.2, 0) is 16.1 Å². The SMILES string of the molecule is Cc1ccc(CNC(=O)COC(=O)c2ccccn2)cc1F. The molecule has 0 unspecified atom stereocenters. The topological polar surface area (TPSA) is 68.3 Å². The minimum atomic E-state index is -0.669. The number of benzene rings is 1. The Hall–Kier alpha value is -2.76. The van der Waals surface area contributed by atoms with E-state index in [-0.39, 0.29) is 18.1 Å². The summed E-state index contributed by atoms with van der Waals surface area (Å²) in [6.07, 6.45) is 1.46. The highest BCUT2D eigenvalue weighted by molar-refractivity contribution is 5.89. The molecule has 0 saturated carbocycles. The normalized spacial score (nSPS) is 10.1. The number of hydrogen-bond donors (Lipinski definition) is 1. The molecule has 0 aliphatic rings. The number of aryl methyl sites for hydroxylation is 1. The maximum absolute atomic E-state index is 13.4. The monoisotopic (exact) mass is 302 g/mol. The van der Waals surface area contributed by atoms with Gasteiger partial charge in [-0.2, -0.15) is 0 Å². The summed E-state index contributed by atoms with van der Waals surface area (Å²) in [6.45, 7) is 1.41. The Labute approximate surface area is 127 Å². The van der Waals surface area contributed by atoms with Gasteiger partial charge in [-0.25, -0.2) is 14.2 Å². The highest BCUT2D eigenvalue weighted by Crippen LogP contribution is 2.08. The summed E-state index contributed by atoms with van der Waals surface area (Å²) < 4.78 is 18.2. The number of halogens is 1. The van der Waals surface area contributed by atoms with Crippen molar-refractivity contribution < 1.29 is 18.7 Å². The first-order chi connectivity index (χ1) is 10.6. The lowest BCUT2D eigenvalue weighted by molar-refractivity contribution is -0.124. The van der Waals surface area contributed by atoms with Gasteiger partial charge >= 0.3 is 5.97 Å². The molecule has 2 aromatic rings. The standard InChI is InChI=1S/C16H15FN2O3/c1-11-5-6-12(8-13(11)17)9-19-15(20)10-22-16(21)14-4-2-3-7-18-14/h2-8H,9-10H2,1H3,(H,19,20). The van der Waals surface area contributed by atoms with Crippen molar-refractivity contribution >= 4 is 11.9 Å². The van der Waals surface area contributed by atoms with Crippen LogP contribution in [0.4, 0.5) is 4.39 Å².